The molecule has 1 heterocycles. The van der Waals surface area contributed by atoms with Crippen LogP contribution < -0.4 is 20.1 Å². The Bertz CT molecular complexity index is 730. The number of nitrogens with one attached hydrogen (secondary N) is 2. The molecule has 3 rings (SSSR count). The van der Waals surface area contributed by atoms with Gasteiger partial charge in [-0.15, -0.1) is 24.0 Å². The molecule has 8 heteroatoms. The monoisotopic (exact) mass is 544 g/mol. The summed E-state index contributed by atoms with van der Waals surface area (Å²) in [7, 11) is 5.21. The maximum atomic E-state index is 11.6. The van der Waals surface area contributed by atoms with E-state index in [0.717, 1.165) is 61.8 Å². The molecule has 0 aromatic heterocycles. The number of guanidine groups is 1. The van der Waals surface area contributed by atoms with Gasteiger partial charge in [0.05, 0.1) is 13.2 Å². The smallest absolute Gasteiger partial charge is 0.220 e. The van der Waals surface area contributed by atoms with Crippen molar-refractivity contribution in [3.63, 3.8) is 0 Å². The zero-order valence-corrected chi connectivity index (χ0v) is 21.3. The van der Waals surface area contributed by atoms with Crippen LogP contribution in [0.1, 0.15) is 50.5 Å². The van der Waals surface area contributed by atoms with Crippen LogP contribution >= 0.6 is 24.0 Å². The number of ether oxygens (including phenoxy) is 2. The number of carbonyl (C=O) groups excluding carboxylic acids is 1. The van der Waals surface area contributed by atoms with Crippen molar-refractivity contribution in [2.24, 2.45) is 10.9 Å². The molecule has 0 atom stereocenters. The topological polar surface area (TPSA) is 75.2 Å². The molecule has 2 fully saturated rings. The number of benzene rings is 1. The van der Waals surface area contributed by atoms with Crippen molar-refractivity contribution in [1.82, 2.24) is 15.5 Å². The molecule has 174 valence electrons. The van der Waals surface area contributed by atoms with Gasteiger partial charge in [0.15, 0.2) is 17.5 Å². The van der Waals surface area contributed by atoms with E-state index in [1.54, 1.807) is 14.2 Å². The van der Waals surface area contributed by atoms with Crippen molar-refractivity contribution in [1.29, 1.82) is 0 Å². The van der Waals surface area contributed by atoms with Gasteiger partial charge in [0.2, 0.25) is 5.91 Å². The first-order valence-corrected chi connectivity index (χ1v) is 11.1. The number of hydrogen-bond acceptors (Lipinski definition) is 4. The highest BCUT2D eigenvalue weighted by atomic mass is 127. The van der Waals surface area contributed by atoms with Crippen LogP contribution in [0.2, 0.25) is 0 Å². The van der Waals surface area contributed by atoms with E-state index in [1.807, 2.05) is 19.2 Å². The summed E-state index contributed by atoms with van der Waals surface area (Å²) in [6.07, 6.45) is 7.70. The highest BCUT2D eigenvalue weighted by molar-refractivity contribution is 14.0. The van der Waals surface area contributed by atoms with Gasteiger partial charge in [0, 0.05) is 40.2 Å². The average Bonchev–Trinajstić information content (AvgIpc) is 3.29. The number of methoxy groups -OCH3 is 1. The van der Waals surface area contributed by atoms with Crippen molar-refractivity contribution in [3.8, 4) is 11.5 Å². The summed E-state index contributed by atoms with van der Waals surface area (Å²) in [6.45, 7) is 2.50. The standard InChI is InChI=1S/C23H36N4O3.HI/c1-24-22(28)15-17-10-12-27(13-11-17)23(25-2)26-16-18-8-9-20(21(14-18)29-3)30-19-6-4-5-7-19;/h8-9,14,17,19H,4-7,10-13,15-16H2,1-3H3,(H,24,28)(H,25,26);1H. The van der Waals surface area contributed by atoms with Crippen LogP contribution in [0.15, 0.2) is 23.2 Å². The third-order valence-electron chi connectivity index (χ3n) is 6.15. The van der Waals surface area contributed by atoms with Crippen LogP contribution in [0.25, 0.3) is 0 Å². The van der Waals surface area contributed by atoms with Gasteiger partial charge in [-0.1, -0.05) is 6.07 Å². The summed E-state index contributed by atoms with van der Waals surface area (Å²) in [5.74, 6) is 3.10. The fourth-order valence-electron chi connectivity index (χ4n) is 4.33. The summed E-state index contributed by atoms with van der Waals surface area (Å²) >= 11 is 0. The maximum Gasteiger partial charge on any atom is 0.220 e. The van der Waals surface area contributed by atoms with E-state index >= 15 is 0 Å². The predicted octanol–water partition coefficient (Wildman–Crippen LogP) is 3.56. The highest BCUT2D eigenvalue weighted by Gasteiger charge is 2.23. The molecule has 0 spiro atoms. The van der Waals surface area contributed by atoms with Gasteiger partial charge in [-0.25, -0.2) is 0 Å². The van der Waals surface area contributed by atoms with Crippen LogP contribution in [-0.4, -0.2) is 57.2 Å². The summed E-state index contributed by atoms with van der Waals surface area (Å²) in [5, 5.41) is 6.19. The Balaban J connectivity index is 0.00000341. The van der Waals surface area contributed by atoms with Gasteiger partial charge in [0.1, 0.15) is 0 Å². The molecule has 0 unspecified atom stereocenters. The van der Waals surface area contributed by atoms with E-state index in [4.69, 9.17) is 9.47 Å². The lowest BCUT2D eigenvalue weighted by molar-refractivity contribution is -0.121. The number of halogens is 1. The lowest BCUT2D eigenvalue weighted by Crippen LogP contribution is -2.45. The zero-order valence-electron chi connectivity index (χ0n) is 19.0. The van der Waals surface area contributed by atoms with Gasteiger partial charge in [-0.2, -0.15) is 0 Å². The third-order valence-corrected chi connectivity index (χ3v) is 6.15. The Labute approximate surface area is 203 Å². The second-order valence-corrected chi connectivity index (χ2v) is 8.22. The lowest BCUT2D eigenvalue weighted by Gasteiger charge is -2.34. The first-order valence-electron chi connectivity index (χ1n) is 11.1. The first-order chi connectivity index (χ1) is 14.6. The number of nitrogens with zero attached hydrogens (tertiary/aromatic N) is 2. The van der Waals surface area contributed by atoms with Crippen LogP contribution in [0, 0.1) is 5.92 Å². The average molecular weight is 544 g/mol. The highest BCUT2D eigenvalue weighted by Crippen LogP contribution is 2.32. The molecular weight excluding hydrogens is 507 g/mol. The number of hydrogen-bond donors (Lipinski definition) is 2. The summed E-state index contributed by atoms with van der Waals surface area (Å²) in [6, 6.07) is 6.14. The molecule has 1 amide bonds. The Morgan fingerprint density at radius 1 is 1.16 bits per heavy atom. The van der Waals surface area contributed by atoms with E-state index in [2.05, 4.69) is 26.6 Å². The molecule has 0 bridgehead atoms. The Kier molecular flexibility index (Phi) is 10.7. The van der Waals surface area contributed by atoms with Crippen LogP contribution in [0.3, 0.4) is 0 Å². The van der Waals surface area contributed by atoms with E-state index in [1.165, 1.54) is 12.8 Å². The molecule has 2 N–H and O–H groups in total. The molecule has 31 heavy (non-hydrogen) atoms. The van der Waals surface area contributed by atoms with Gasteiger partial charge in [-0.05, 0) is 62.1 Å². The molecule has 1 aromatic carbocycles. The fourth-order valence-corrected chi connectivity index (χ4v) is 4.33. The zero-order chi connectivity index (χ0) is 21.3. The second-order valence-electron chi connectivity index (χ2n) is 8.22. The maximum absolute atomic E-state index is 11.6. The molecule has 1 aliphatic heterocycles. The molecule has 2 aliphatic rings. The minimum absolute atomic E-state index is 0. The van der Waals surface area contributed by atoms with Crippen molar-refractivity contribution in [2.45, 2.75) is 57.6 Å². The molecule has 1 saturated carbocycles. The summed E-state index contributed by atoms with van der Waals surface area (Å²) in [5.41, 5.74) is 1.13. The van der Waals surface area contributed by atoms with E-state index < -0.39 is 0 Å². The second kappa shape index (κ2) is 13.0. The van der Waals surface area contributed by atoms with E-state index in [-0.39, 0.29) is 29.9 Å². The van der Waals surface area contributed by atoms with Crippen LogP contribution in [0.4, 0.5) is 0 Å². The van der Waals surface area contributed by atoms with Crippen LogP contribution in [-0.2, 0) is 11.3 Å². The Morgan fingerprint density at radius 2 is 1.87 bits per heavy atom. The molecule has 0 radical (unpaired) electrons. The van der Waals surface area contributed by atoms with Gasteiger partial charge < -0.3 is 25.0 Å². The molecule has 1 aromatic rings. The largest absolute Gasteiger partial charge is 0.493 e. The number of aliphatic imine (C=N–C) groups is 1. The molecule has 1 saturated heterocycles. The van der Waals surface area contributed by atoms with Gasteiger partial charge >= 0.3 is 0 Å². The predicted molar refractivity (Wildman–Crippen MR) is 134 cm³/mol. The molecule has 1 aliphatic carbocycles. The number of carbonyl (C=O) groups is 1. The van der Waals surface area contributed by atoms with Crippen molar-refractivity contribution < 1.29 is 14.3 Å². The van der Waals surface area contributed by atoms with Gasteiger partial charge in [0.25, 0.3) is 0 Å². The van der Waals surface area contributed by atoms with Crippen molar-refractivity contribution in [2.75, 3.05) is 34.3 Å². The van der Waals surface area contributed by atoms with Gasteiger partial charge in [-0.3, -0.25) is 9.79 Å². The summed E-state index contributed by atoms with van der Waals surface area (Å²) in [4.78, 5) is 18.3. The Hall–Kier alpha value is -1.71. The minimum Gasteiger partial charge on any atom is -0.493 e. The number of amides is 1. The van der Waals surface area contributed by atoms with Crippen LogP contribution in [0.5, 0.6) is 11.5 Å². The quantitative estimate of drug-likeness (QED) is 0.312. The SMILES string of the molecule is CN=C(NCc1ccc(OC2CCCC2)c(OC)c1)N1CCC(CC(=O)NC)CC1.I. The first kappa shape index (κ1) is 25.5. The molecule has 7 nitrogen and oxygen atoms in total. The number of rotatable bonds is 7. The normalized spacial score (nSPS) is 17.8. The number of likely N-dealkylation sites (tertiary alicyclic amines) is 1. The van der Waals surface area contributed by atoms with E-state index in [0.29, 0.717) is 25.0 Å². The lowest BCUT2D eigenvalue weighted by atomic mass is 9.93. The minimum atomic E-state index is 0. The van der Waals surface area contributed by atoms with Crippen molar-refractivity contribution in [3.05, 3.63) is 23.8 Å². The van der Waals surface area contributed by atoms with E-state index in [9.17, 15) is 4.79 Å². The fraction of sp³-hybridized carbons (Fsp3) is 0.652. The number of piperidine rings is 1. The Morgan fingerprint density at radius 3 is 2.48 bits per heavy atom. The van der Waals surface area contributed by atoms with Crippen molar-refractivity contribution >= 4 is 35.8 Å². The third kappa shape index (κ3) is 7.43. The summed E-state index contributed by atoms with van der Waals surface area (Å²) < 4.78 is 11.7. The molecular formula is C23H37IN4O3.